The van der Waals surface area contributed by atoms with Crippen LogP contribution in [-0.4, -0.2) is 32.1 Å². The van der Waals surface area contributed by atoms with Gasteiger partial charge in [-0.1, -0.05) is 23.9 Å². The van der Waals surface area contributed by atoms with Gasteiger partial charge >= 0.3 is 0 Å². The normalized spacial score (nSPS) is 10.3. The molecule has 0 amide bonds. The van der Waals surface area contributed by atoms with E-state index < -0.39 is 0 Å². The molecule has 6 nitrogen and oxygen atoms in total. The molecule has 3 rings (SSSR count). The molecule has 0 aliphatic rings. The summed E-state index contributed by atoms with van der Waals surface area (Å²) in [5.74, 6) is 2.19. The second kappa shape index (κ2) is 8.83. The minimum absolute atomic E-state index is 0.505. The number of allylic oxidation sites excluding steroid dienone is 1. The van der Waals surface area contributed by atoms with Crippen molar-refractivity contribution in [2.75, 3.05) is 12.4 Å². The molecular formula is C19H17N5OS. The molecule has 26 heavy (non-hydrogen) atoms. The number of aromatic nitrogens is 4. The van der Waals surface area contributed by atoms with Gasteiger partial charge in [0.05, 0.1) is 18.2 Å². The van der Waals surface area contributed by atoms with Crippen molar-refractivity contribution in [2.24, 2.45) is 0 Å². The number of rotatable bonds is 8. The molecule has 130 valence electrons. The van der Waals surface area contributed by atoms with Crippen LogP contribution >= 0.6 is 11.8 Å². The molecule has 0 saturated carbocycles. The summed E-state index contributed by atoms with van der Waals surface area (Å²) in [7, 11) is 0. The van der Waals surface area contributed by atoms with Gasteiger partial charge in [-0.3, -0.25) is 9.55 Å². The third-order valence-electron chi connectivity index (χ3n) is 3.51. The summed E-state index contributed by atoms with van der Waals surface area (Å²) in [6.45, 7) is 4.94. The Morgan fingerprint density at radius 1 is 1.23 bits per heavy atom. The average Bonchev–Trinajstić information content (AvgIpc) is 3.09. The van der Waals surface area contributed by atoms with Gasteiger partial charge in [0.1, 0.15) is 5.75 Å². The topological polar surface area (TPSA) is 76.6 Å². The lowest BCUT2D eigenvalue weighted by Gasteiger charge is -2.08. The van der Waals surface area contributed by atoms with E-state index >= 15 is 0 Å². The zero-order valence-electron chi connectivity index (χ0n) is 14.1. The fourth-order valence-corrected chi connectivity index (χ4v) is 3.12. The number of thioether (sulfide) groups is 1. The van der Waals surface area contributed by atoms with E-state index in [1.54, 1.807) is 36.3 Å². The highest BCUT2D eigenvalue weighted by atomic mass is 32.2. The highest BCUT2D eigenvalue weighted by Gasteiger charge is 2.13. The van der Waals surface area contributed by atoms with E-state index in [0.29, 0.717) is 30.2 Å². The average molecular weight is 363 g/mol. The standard InChI is InChI=1S/C19H17N5OS/c1-2-10-24-18(16-6-8-21-9-7-16)22-23-19(24)26-12-11-25-17-5-3-4-15(13-17)14-20/h2-9,13H,1,10-12H2. The van der Waals surface area contributed by atoms with Crippen LogP contribution in [0, 0.1) is 11.3 Å². The molecule has 1 aromatic carbocycles. The number of ether oxygens (including phenoxy) is 1. The van der Waals surface area contributed by atoms with Crippen LogP contribution in [0.3, 0.4) is 0 Å². The van der Waals surface area contributed by atoms with Crippen molar-refractivity contribution in [3.63, 3.8) is 0 Å². The first-order valence-corrected chi connectivity index (χ1v) is 9.00. The fourth-order valence-electron chi connectivity index (χ4n) is 2.35. The predicted molar refractivity (Wildman–Crippen MR) is 101 cm³/mol. The number of benzene rings is 1. The highest BCUT2D eigenvalue weighted by Crippen LogP contribution is 2.24. The zero-order chi connectivity index (χ0) is 18.2. The predicted octanol–water partition coefficient (Wildman–Crippen LogP) is 3.57. The number of hydrogen-bond donors (Lipinski definition) is 0. The largest absolute Gasteiger partial charge is 0.493 e. The Morgan fingerprint density at radius 2 is 2.08 bits per heavy atom. The minimum Gasteiger partial charge on any atom is -0.493 e. The molecule has 0 atom stereocenters. The van der Waals surface area contributed by atoms with Crippen LogP contribution < -0.4 is 4.74 Å². The van der Waals surface area contributed by atoms with Crippen molar-refractivity contribution < 1.29 is 4.74 Å². The van der Waals surface area contributed by atoms with E-state index in [9.17, 15) is 0 Å². The summed E-state index contributed by atoms with van der Waals surface area (Å²) in [5.41, 5.74) is 1.55. The molecule has 7 heteroatoms. The Hall–Kier alpha value is -3.11. The van der Waals surface area contributed by atoms with E-state index in [2.05, 4.69) is 27.8 Å². The van der Waals surface area contributed by atoms with Crippen molar-refractivity contribution in [1.82, 2.24) is 19.7 Å². The number of hydrogen-bond acceptors (Lipinski definition) is 6. The molecule has 0 fully saturated rings. The summed E-state index contributed by atoms with van der Waals surface area (Å²) in [5, 5.41) is 18.3. The second-order valence-corrected chi connectivity index (χ2v) is 6.34. The van der Waals surface area contributed by atoms with Crippen molar-refractivity contribution in [3.05, 3.63) is 67.0 Å². The SMILES string of the molecule is C=CCn1c(SCCOc2cccc(C#N)c2)nnc1-c1ccncc1. The second-order valence-electron chi connectivity index (χ2n) is 5.28. The van der Waals surface area contributed by atoms with Crippen LogP contribution in [0.15, 0.2) is 66.6 Å². The highest BCUT2D eigenvalue weighted by molar-refractivity contribution is 7.99. The van der Waals surface area contributed by atoms with E-state index in [-0.39, 0.29) is 0 Å². The smallest absolute Gasteiger partial charge is 0.191 e. The van der Waals surface area contributed by atoms with Crippen LogP contribution in [0.2, 0.25) is 0 Å². The lowest BCUT2D eigenvalue weighted by molar-refractivity contribution is 0.343. The van der Waals surface area contributed by atoms with Crippen molar-refractivity contribution >= 4 is 11.8 Å². The molecular weight excluding hydrogens is 346 g/mol. The Kier molecular flexibility index (Phi) is 6.01. The van der Waals surface area contributed by atoms with Gasteiger partial charge in [-0.2, -0.15) is 5.26 Å². The number of pyridine rings is 1. The molecule has 0 unspecified atom stereocenters. The Bertz CT molecular complexity index is 917. The van der Waals surface area contributed by atoms with Crippen LogP contribution in [0.25, 0.3) is 11.4 Å². The van der Waals surface area contributed by atoms with Crippen LogP contribution in [0.1, 0.15) is 5.56 Å². The van der Waals surface area contributed by atoms with E-state index in [0.717, 1.165) is 16.5 Å². The third-order valence-corrected chi connectivity index (χ3v) is 4.44. The third kappa shape index (κ3) is 4.29. The first-order valence-electron chi connectivity index (χ1n) is 8.02. The van der Waals surface area contributed by atoms with Gasteiger partial charge in [0.2, 0.25) is 0 Å². The van der Waals surface area contributed by atoms with E-state index in [4.69, 9.17) is 10.00 Å². The summed E-state index contributed by atoms with van der Waals surface area (Å²) in [6.07, 6.45) is 5.29. The lowest BCUT2D eigenvalue weighted by Crippen LogP contribution is -2.04. The molecule has 0 bridgehead atoms. The molecule has 2 heterocycles. The summed E-state index contributed by atoms with van der Waals surface area (Å²) < 4.78 is 7.72. The van der Waals surface area contributed by atoms with Gasteiger partial charge in [-0.05, 0) is 30.3 Å². The zero-order valence-corrected chi connectivity index (χ0v) is 14.9. The van der Waals surface area contributed by atoms with E-state index in [1.165, 1.54) is 0 Å². The number of nitrogens with zero attached hydrogens (tertiary/aromatic N) is 5. The molecule has 0 aliphatic heterocycles. The Balaban J connectivity index is 1.63. The van der Waals surface area contributed by atoms with Gasteiger partial charge < -0.3 is 4.74 Å². The maximum atomic E-state index is 8.92. The molecule has 0 radical (unpaired) electrons. The maximum absolute atomic E-state index is 8.92. The quantitative estimate of drug-likeness (QED) is 0.346. The number of nitriles is 1. The van der Waals surface area contributed by atoms with Crippen LogP contribution in [-0.2, 0) is 6.54 Å². The molecule has 0 saturated heterocycles. The molecule has 0 spiro atoms. The summed E-state index contributed by atoms with van der Waals surface area (Å²) in [4.78, 5) is 4.04. The van der Waals surface area contributed by atoms with Crippen molar-refractivity contribution in [1.29, 1.82) is 5.26 Å². The van der Waals surface area contributed by atoms with E-state index in [1.807, 2.05) is 34.9 Å². The van der Waals surface area contributed by atoms with Gasteiger partial charge in [0.15, 0.2) is 11.0 Å². The first kappa shape index (κ1) is 17.7. The monoisotopic (exact) mass is 363 g/mol. The summed E-state index contributed by atoms with van der Waals surface area (Å²) in [6, 6.07) is 13.0. The Morgan fingerprint density at radius 3 is 2.85 bits per heavy atom. The van der Waals surface area contributed by atoms with Crippen molar-refractivity contribution in [2.45, 2.75) is 11.7 Å². The fraction of sp³-hybridized carbons (Fsp3) is 0.158. The van der Waals surface area contributed by atoms with Gasteiger partial charge in [0, 0.05) is 30.3 Å². The maximum Gasteiger partial charge on any atom is 0.191 e. The van der Waals surface area contributed by atoms with Gasteiger partial charge in [0.25, 0.3) is 0 Å². The van der Waals surface area contributed by atoms with Crippen LogP contribution in [0.4, 0.5) is 0 Å². The van der Waals surface area contributed by atoms with Gasteiger partial charge in [-0.15, -0.1) is 16.8 Å². The minimum atomic E-state index is 0.505. The molecule has 3 aromatic rings. The molecule has 0 N–H and O–H groups in total. The van der Waals surface area contributed by atoms with Crippen molar-refractivity contribution in [3.8, 4) is 23.2 Å². The van der Waals surface area contributed by atoms with Gasteiger partial charge in [-0.25, -0.2) is 0 Å². The molecule has 2 aromatic heterocycles. The first-order chi connectivity index (χ1) is 12.8. The summed E-state index contributed by atoms with van der Waals surface area (Å²) >= 11 is 1.57. The molecule has 0 aliphatic carbocycles. The Labute approximate surface area is 156 Å². The lowest BCUT2D eigenvalue weighted by atomic mass is 10.2. The van der Waals surface area contributed by atoms with Crippen LogP contribution in [0.5, 0.6) is 5.75 Å².